The van der Waals surface area contributed by atoms with Crippen LogP contribution in [0.25, 0.3) is 0 Å². The van der Waals surface area contributed by atoms with E-state index in [2.05, 4.69) is 20.7 Å². The number of nitrogens with one attached hydrogen (secondary N) is 1. The minimum absolute atomic E-state index is 0.281. The Bertz CT molecular complexity index is 722. The summed E-state index contributed by atoms with van der Waals surface area (Å²) in [5.41, 5.74) is 2.01. The first-order valence-electron chi connectivity index (χ1n) is 6.31. The van der Waals surface area contributed by atoms with Crippen LogP contribution < -0.4 is 9.62 Å². The molecule has 0 aliphatic heterocycles. The maximum atomic E-state index is 12.3. The molecule has 0 aliphatic carbocycles. The molecular weight excluding hydrogens is 372 g/mol. The van der Waals surface area contributed by atoms with Crippen LogP contribution in [-0.4, -0.2) is 22.5 Å². The van der Waals surface area contributed by atoms with E-state index in [-0.39, 0.29) is 6.54 Å². The van der Waals surface area contributed by atoms with E-state index in [0.717, 1.165) is 19.9 Å². The van der Waals surface area contributed by atoms with Gasteiger partial charge in [-0.1, -0.05) is 12.1 Å². The molecule has 0 fully saturated rings. The van der Waals surface area contributed by atoms with Gasteiger partial charge in [-0.05, 0) is 46.6 Å². The molecule has 0 saturated carbocycles. The zero-order valence-electron chi connectivity index (χ0n) is 12.1. The smallest absolute Gasteiger partial charge is 0.242 e. The quantitative estimate of drug-likeness (QED) is 0.853. The van der Waals surface area contributed by atoms with Crippen molar-refractivity contribution in [3.63, 3.8) is 0 Å². The Morgan fingerprint density at radius 2 is 1.86 bits per heavy atom. The highest BCUT2D eigenvalue weighted by molar-refractivity contribution is 9.11. The van der Waals surface area contributed by atoms with E-state index in [1.807, 2.05) is 43.3 Å². The number of aryl methyl sites for hydroxylation is 1. The van der Waals surface area contributed by atoms with Crippen molar-refractivity contribution < 1.29 is 8.42 Å². The van der Waals surface area contributed by atoms with Gasteiger partial charge in [-0.25, -0.2) is 13.1 Å². The fraction of sp³-hybridized carbons (Fsp3) is 0.286. The summed E-state index contributed by atoms with van der Waals surface area (Å²) >= 11 is 4.73. The number of thiophene rings is 1. The summed E-state index contributed by atoms with van der Waals surface area (Å²) in [6.07, 6.45) is 0. The van der Waals surface area contributed by atoms with Crippen LogP contribution >= 0.6 is 27.3 Å². The van der Waals surface area contributed by atoms with E-state index in [1.165, 1.54) is 11.3 Å². The molecule has 1 aromatic heterocycles. The molecule has 21 heavy (non-hydrogen) atoms. The van der Waals surface area contributed by atoms with Crippen LogP contribution in [0.4, 0.5) is 5.69 Å². The van der Waals surface area contributed by atoms with Crippen LogP contribution in [0.5, 0.6) is 0 Å². The summed E-state index contributed by atoms with van der Waals surface area (Å²) < 4.78 is 28.0. The van der Waals surface area contributed by atoms with Gasteiger partial charge in [-0.2, -0.15) is 0 Å². The fourth-order valence-electron chi connectivity index (χ4n) is 1.87. The van der Waals surface area contributed by atoms with E-state index in [4.69, 9.17) is 0 Å². The van der Waals surface area contributed by atoms with E-state index >= 15 is 0 Å². The maximum Gasteiger partial charge on any atom is 0.242 e. The molecule has 1 aromatic carbocycles. The third-order valence-electron chi connectivity index (χ3n) is 3.05. The Morgan fingerprint density at radius 1 is 1.24 bits per heavy atom. The lowest BCUT2D eigenvalue weighted by Crippen LogP contribution is -2.23. The normalized spacial score (nSPS) is 11.6. The van der Waals surface area contributed by atoms with Crippen LogP contribution in [-0.2, 0) is 16.6 Å². The molecule has 1 N–H and O–H groups in total. The number of hydrogen-bond acceptors (Lipinski definition) is 4. The Hall–Kier alpha value is -0.890. The Kier molecular flexibility index (Phi) is 5.08. The van der Waals surface area contributed by atoms with E-state index < -0.39 is 10.0 Å². The molecule has 0 aliphatic rings. The highest BCUT2D eigenvalue weighted by Gasteiger charge is 2.19. The summed E-state index contributed by atoms with van der Waals surface area (Å²) in [5, 5.41) is 0. The Balaban J connectivity index is 2.10. The lowest BCUT2D eigenvalue weighted by atomic mass is 10.2. The molecule has 0 saturated heterocycles. The Morgan fingerprint density at radius 3 is 2.33 bits per heavy atom. The number of anilines is 1. The molecular formula is C14H17BrN2O2S2. The third kappa shape index (κ3) is 4.06. The lowest BCUT2D eigenvalue weighted by Gasteiger charge is -2.13. The predicted octanol–water partition coefficient (Wildman–Crippen LogP) is 3.36. The van der Waals surface area contributed by atoms with Crippen molar-refractivity contribution in [3.8, 4) is 0 Å². The van der Waals surface area contributed by atoms with Crippen molar-refractivity contribution >= 4 is 43.0 Å². The largest absolute Gasteiger partial charge is 0.378 e. The standard InChI is InChI=1S/C14H17BrN2O2S2/c1-10-13(8-14(15)20-10)21(18,19)16-9-11-4-6-12(7-5-11)17(2)3/h4-8,16H,9H2,1-3H3. The first-order valence-corrected chi connectivity index (χ1v) is 9.41. The van der Waals surface area contributed by atoms with E-state index in [0.29, 0.717) is 4.90 Å². The lowest BCUT2D eigenvalue weighted by molar-refractivity contribution is 0.581. The minimum Gasteiger partial charge on any atom is -0.378 e. The van der Waals surface area contributed by atoms with Crippen LogP contribution in [0, 0.1) is 6.92 Å². The number of sulfonamides is 1. The van der Waals surface area contributed by atoms with Gasteiger partial charge in [0.15, 0.2) is 0 Å². The summed E-state index contributed by atoms with van der Waals surface area (Å²) in [7, 11) is 0.460. The highest BCUT2D eigenvalue weighted by Crippen LogP contribution is 2.29. The first kappa shape index (κ1) is 16.5. The van der Waals surface area contributed by atoms with Crippen molar-refractivity contribution in [2.45, 2.75) is 18.4 Å². The van der Waals surface area contributed by atoms with Gasteiger partial charge >= 0.3 is 0 Å². The zero-order valence-corrected chi connectivity index (χ0v) is 15.3. The number of nitrogens with zero attached hydrogens (tertiary/aromatic N) is 1. The van der Waals surface area contributed by atoms with Crippen molar-refractivity contribution in [3.05, 3.63) is 44.6 Å². The van der Waals surface area contributed by atoms with Gasteiger partial charge < -0.3 is 4.90 Å². The van der Waals surface area contributed by atoms with Gasteiger partial charge in [-0.15, -0.1) is 11.3 Å². The molecule has 4 nitrogen and oxygen atoms in total. The molecule has 0 unspecified atom stereocenters. The molecule has 7 heteroatoms. The van der Waals surface area contributed by atoms with E-state index in [1.54, 1.807) is 13.0 Å². The molecule has 0 atom stereocenters. The van der Waals surface area contributed by atoms with E-state index in [9.17, 15) is 8.42 Å². The topological polar surface area (TPSA) is 49.4 Å². The molecule has 0 bridgehead atoms. The van der Waals surface area contributed by atoms with Crippen molar-refractivity contribution in [2.75, 3.05) is 19.0 Å². The molecule has 1 heterocycles. The van der Waals surface area contributed by atoms with Gasteiger partial charge in [0.25, 0.3) is 0 Å². The van der Waals surface area contributed by atoms with Crippen molar-refractivity contribution in [1.82, 2.24) is 4.72 Å². The average Bonchev–Trinajstić information content (AvgIpc) is 2.77. The van der Waals surface area contributed by atoms with Crippen molar-refractivity contribution in [1.29, 1.82) is 0 Å². The molecule has 2 aromatic rings. The number of rotatable bonds is 5. The zero-order chi connectivity index (χ0) is 15.6. The predicted molar refractivity (Wildman–Crippen MR) is 91.6 cm³/mol. The van der Waals surface area contributed by atoms with Gasteiger partial charge in [0, 0.05) is 31.2 Å². The summed E-state index contributed by atoms with van der Waals surface area (Å²) in [6, 6.07) is 9.42. The van der Waals surface area contributed by atoms with Gasteiger partial charge in [0.2, 0.25) is 10.0 Å². The number of halogens is 1. The number of benzene rings is 1. The molecule has 0 radical (unpaired) electrons. The first-order chi connectivity index (χ1) is 9.79. The average molecular weight is 389 g/mol. The maximum absolute atomic E-state index is 12.3. The molecule has 2 rings (SSSR count). The summed E-state index contributed by atoms with van der Waals surface area (Å²) in [5.74, 6) is 0. The van der Waals surface area contributed by atoms with Crippen molar-refractivity contribution in [2.24, 2.45) is 0 Å². The molecule has 0 spiro atoms. The van der Waals surface area contributed by atoms with Gasteiger partial charge in [0.1, 0.15) is 0 Å². The van der Waals surface area contributed by atoms with Gasteiger partial charge in [-0.3, -0.25) is 0 Å². The van der Waals surface area contributed by atoms with Crippen LogP contribution in [0.2, 0.25) is 0 Å². The third-order valence-corrected chi connectivity index (χ3v) is 6.26. The molecule has 114 valence electrons. The minimum atomic E-state index is -3.47. The van der Waals surface area contributed by atoms with Crippen LogP contribution in [0.15, 0.2) is 39.0 Å². The number of hydrogen-bond donors (Lipinski definition) is 1. The fourth-order valence-corrected chi connectivity index (χ4v) is 5.30. The second-order valence-corrected chi connectivity index (χ2v) is 9.23. The second-order valence-electron chi connectivity index (χ2n) is 4.86. The monoisotopic (exact) mass is 388 g/mol. The summed E-state index contributed by atoms with van der Waals surface area (Å²) in [4.78, 5) is 3.11. The van der Waals surface area contributed by atoms with Crippen LogP contribution in [0.3, 0.4) is 0 Å². The van der Waals surface area contributed by atoms with Gasteiger partial charge in [0.05, 0.1) is 8.68 Å². The van der Waals surface area contributed by atoms with Crippen LogP contribution in [0.1, 0.15) is 10.4 Å². The second kappa shape index (κ2) is 6.48. The SMILES string of the molecule is Cc1sc(Br)cc1S(=O)(=O)NCc1ccc(N(C)C)cc1. The molecule has 0 amide bonds. The summed E-state index contributed by atoms with van der Waals surface area (Å²) in [6.45, 7) is 2.08. The highest BCUT2D eigenvalue weighted by atomic mass is 79.9. The Labute approximate surface area is 138 Å².